The number of allylic oxidation sites excluding steroid dienone is 1. The maximum absolute atomic E-state index is 3.99. The number of nitrogens with zero attached hydrogens (tertiary/aromatic N) is 2. The van der Waals surface area contributed by atoms with Gasteiger partial charge in [-0.2, -0.15) is 18.6 Å². The molecule has 15 heavy (non-hydrogen) atoms. The van der Waals surface area contributed by atoms with Gasteiger partial charge in [0.25, 0.3) is 0 Å². The average Bonchev–Trinajstić information content (AvgIpc) is 2.58. The van der Waals surface area contributed by atoms with Gasteiger partial charge in [0.1, 0.15) is 0 Å². The smallest absolute Gasteiger partial charge is 0.0629 e. The molecule has 0 aromatic carbocycles. The van der Waals surface area contributed by atoms with Gasteiger partial charge in [0, 0.05) is 58.3 Å². The zero-order valence-electron chi connectivity index (χ0n) is 11.0. The van der Waals surface area contributed by atoms with Crippen molar-refractivity contribution in [2.24, 2.45) is 7.05 Å². The first-order chi connectivity index (χ1) is 6.22. The maximum atomic E-state index is 3.99. The Morgan fingerprint density at radius 1 is 1.27 bits per heavy atom. The molecule has 1 aromatic rings. The van der Waals surface area contributed by atoms with E-state index in [0.29, 0.717) is 0 Å². The summed E-state index contributed by atoms with van der Waals surface area (Å²) in [7, 11) is 1.91. The minimum Gasteiger partial charge on any atom is -0.268 e. The van der Waals surface area contributed by atoms with Crippen molar-refractivity contribution in [1.82, 2.24) is 9.78 Å². The fourth-order valence-electron chi connectivity index (χ4n) is 0.792. The number of hydrogen-bond acceptors (Lipinski definition) is 1. The van der Waals surface area contributed by atoms with Crippen LogP contribution in [0.5, 0.6) is 0 Å². The van der Waals surface area contributed by atoms with E-state index >= 15 is 0 Å². The van der Waals surface area contributed by atoms with Gasteiger partial charge in [0.05, 0.1) is 5.69 Å². The minimum atomic E-state index is 0. The first kappa shape index (κ1) is 24.8. The molecule has 1 aromatic heterocycles. The van der Waals surface area contributed by atoms with Crippen molar-refractivity contribution < 1.29 is 45.0 Å². The molecule has 0 fully saturated rings. The maximum Gasteiger partial charge on any atom is 0.0629 e. The molecular formula is C11H24N2RaS. The summed E-state index contributed by atoms with van der Waals surface area (Å²) in [6.45, 7) is 13.8. The molecule has 0 bridgehead atoms. The van der Waals surface area contributed by atoms with E-state index in [-0.39, 0.29) is 58.5 Å². The third-order valence-corrected chi connectivity index (χ3v) is 1.26. The van der Waals surface area contributed by atoms with Crippen LogP contribution in [0.1, 0.15) is 40.3 Å². The van der Waals surface area contributed by atoms with Crippen molar-refractivity contribution in [2.75, 3.05) is 0 Å². The monoisotopic (exact) mass is 442 g/mol. The number of aryl methyl sites for hydroxylation is 1. The fraction of sp³-hybridized carbons (Fsp3) is 0.545. The molecule has 0 aliphatic rings. The molecule has 0 atom stereocenters. The number of rotatable bonds is 1. The summed E-state index contributed by atoms with van der Waals surface area (Å²) in [4.78, 5) is 0. The van der Waals surface area contributed by atoms with Crippen molar-refractivity contribution in [3.8, 4) is 0 Å². The first-order valence-electron chi connectivity index (χ1n) is 4.85. The van der Waals surface area contributed by atoms with Gasteiger partial charge in [0.2, 0.25) is 0 Å². The zero-order valence-corrected chi connectivity index (χ0v) is 17.8. The molecule has 0 spiro atoms. The van der Waals surface area contributed by atoms with E-state index in [4.69, 9.17) is 0 Å². The van der Waals surface area contributed by atoms with Gasteiger partial charge < -0.3 is 0 Å². The van der Waals surface area contributed by atoms with Crippen LogP contribution >= 0.6 is 13.5 Å². The second kappa shape index (κ2) is 17.2. The van der Waals surface area contributed by atoms with E-state index in [2.05, 4.69) is 11.7 Å². The average molecular weight is 442 g/mol. The van der Waals surface area contributed by atoms with Crippen LogP contribution in [-0.2, 0) is 7.05 Å². The van der Waals surface area contributed by atoms with Gasteiger partial charge in [-0.3, -0.25) is 4.68 Å². The summed E-state index contributed by atoms with van der Waals surface area (Å²) >= 11 is 0. The molecule has 0 aliphatic heterocycles. The van der Waals surface area contributed by atoms with Crippen molar-refractivity contribution in [3.63, 3.8) is 0 Å². The standard InChI is InChI=1S/C7H10N2.2C2H6.Ra.H2S/c1-6(2)7-4-5-8-9(7)3;2*1-2;;/h4-5H,1H2,2-3H3;2*1-2H3;;1H2. The molecule has 2 nitrogen and oxygen atoms in total. The first-order valence-corrected chi connectivity index (χ1v) is 4.85. The van der Waals surface area contributed by atoms with Crippen molar-refractivity contribution in [2.45, 2.75) is 34.6 Å². The van der Waals surface area contributed by atoms with Gasteiger partial charge in [-0.05, 0) is 18.6 Å². The molecular weight excluding hydrogens is 418 g/mol. The molecule has 0 saturated heterocycles. The fourth-order valence-corrected chi connectivity index (χ4v) is 0.792. The van der Waals surface area contributed by atoms with Crippen molar-refractivity contribution in [1.29, 1.82) is 0 Å². The van der Waals surface area contributed by atoms with Gasteiger partial charge in [0.15, 0.2) is 0 Å². The summed E-state index contributed by atoms with van der Waals surface area (Å²) in [5.74, 6) is 0. The summed E-state index contributed by atoms with van der Waals surface area (Å²) in [6.07, 6.45) is 1.77. The largest absolute Gasteiger partial charge is 0.268 e. The predicted octanol–water partition coefficient (Wildman–Crippen LogP) is 3.62. The molecule has 4 heteroatoms. The Hall–Kier alpha value is 0.768. The van der Waals surface area contributed by atoms with Gasteiger partial charge in [-0.15, -0.1) is 0 Å². The van der Waals surface area contributed by atoms with Crippen LogP contribution < -0.4 is 0 Å². The van der Waals surface area contributed by atoms with Crippen LogP contribution in [0.3, 0.4) is 0 Å². The van der Waals surface area contributed by atoms with Crippen LogP contribution in [0.4, 0.5) is 0 Å². The molecule has 0 aliphatic carbocycles. The summed E-state index contributed by atoms with van der Waals surface area (Å²) in [5, 5.41) is 3.99. The quantitative estimate of drug-likeness (QED) is 0.650. The van der Waals surface area contributed by atoms with Crippen molar-refractivity contribution >= 4 is 19.1 Å². The van der Waals surface area contributed by atoms with E-state index in [1.807, 2.05) is 52.4 Å². The van der Waals surface area contributed by atoms with Crippen LogP contribution in [0, 0.1) is 45.0 Å². The number of aromatic nitrogens is 2. The molecule has 2 radical (unpaired) electrons. The Bertz CT molecular complexity index is 234. The molecule has 0 amide bonds. The topological polar surface area (TPSA) is 17.8 Å². The third kappa shape index (κ3) is 11.0. The second-order valence-corrected chi connectivity index (χ2v) is 2.12. The SMILES string of the molecule is C=C(C)c1ccnn1C.CC.CC.S.[Ra]. The summed E-state index contributed by atoms with van der Waals surface area (Å²) < 4.78 is 1.81. The van der Waals surface area contributed by atoms with Crippen LogP contribution in [0.15, 0.2) is 18.8 Å². The molecule has 0 N–H and O–H groups in total. The summed E-state index contributed by atoms with van der Waals surface area (Å²) in [5.41, 5.74) is 2.14. The van der Waals surface area contributed by atoms with E-state index in [1.54, 1.807) is 6.20 Å². The molecule has 0 unspecified atom stereocenters. The van der Waals surface area contributed by atoms with E-state index < -0.39 is 0 Å². The Labute approximate surface area is 138 Å². The second-order valence-electron chi connectivity index (χ2n) is 2.12. The van der Waals surface area contributed by atoms with Gasteiger partial charge >= 0.3 is 0 Å². The van der Waals surface area contributed by atoms with Gasteiger partial charge in [-0.25, -0.2) is 0 Å². The molecule has 0 saturated carbocycles. The molecule has 1 heterocycles. The van der Waals surface area contributed by atoms with E-state index in [0.717, 1.165) is 11.3 Å². The van der Waals surface area contributed by atoms with Crippen molar-refractivity contribution in [3.05, 3.63) is 24.5 Å². The normalized spacial score (nSPS) is 6.53. The Morgan fingerprint density at radius 2 is 1.67 bits per heavy atom. The van der Waals surface area contributed by atoms with E-state index in [9.17, 15) is 0 Å². The number of hydrogen-bond donors (Lipinski definition) is 0. The minimum absolute atomic E-state index is 0. The van der Waals surface area contributed by atoms with Crippen LogP contribution in [0.2, 0.25) is 0 Å². The van der Waals surface area contributed by atoms with Crippen LogP contribution in [-0.4, -0.2) is 9.78 Å². The molecule has 1 rings (SSSR count). The Balaban J connectivity index is -0.0000000910. The third-order valence-electron chi connectivity index (χ3n) is 1.26. The Morgan fingerprint density at radius 3 is 1.80 bits per heavy atom. The Kier molecular flexibility index (Phi) is 28.4. The van der Waals surface area contributed by atoms with E-state index in [1.165, 1.54) is 0 Å². The van der Waals surface area contributed by atoms with Crippen LogP contribution in [0.25, 0.3) is 5.57 Å². The van der Waals surface area contributed by atoms with Gasteiger partial charge in [-0.1, -0.05) is 34.3 Å². The predicted molar refractivity (Wildman–Crippen MR) is 71.0 cm³/mol. The zero-order chi connectivity index (χ0) is 10.9. The molecule has 86 valence electrons. The summed E-state index contributed by atoms with van der Waals surface area (Å²) in [6, 6.07) is 1.95.